The van der Waals surface area contributed by atoms with E-state index in [2.05, 4.69) is 5.32 Å². The summed E-state index contributed by atoms with van der Waals surface area (Å²) in [7, 11) is 1.43. The van der Waals surface area contributed by atoms with Crippen molar-refractivity contribution >= 4 is 17.8 Å². The highest BCUT2D eigenvalue weighted by atomic mass is 16.6. The van der Waals surface area contributed by atoms with Crippen LogP contribution in [0.2, 0.25) is 0 Å². The first kappa shape index (κ1) is 19.4. The minimum Gasteiger partial charge on any atom is -0.496 e. The lowest BCUT2D eigenvalue weighted by atomic mass is 10.1. The number of fused-ring (bicyclic) bond motifs is 1. The molecule has 2 amide bonds. The van der Waals surface area contributed by atoms with Crippen LogP contribution in [0.5, 0.6) is 11.5 Å². The van der Waals surface area contributed by atoms with Crippen LogP contribution in [0.4, 0.5) is 0 Å². The Hall–Kier alpha value is -3.35. The van der Waals surface area contributed by atoms with Gasteiger partial charge in [-0.25, -0.2) is 4.79 Å². The fourth-order valence-electron chi connectivity index (χ4n) is 3.03. The second-order valence-corrected chi connectivity index (χ2v) is 6.31. The summed E-state index contributed by atoms with van der Waals surface area (Å²) in [5.74, 6) is -1.13. The minimum absolute atomic E-state index is 0.213. The van der Waals surface area contributed by atoms with E-state index >= 15 is 0 Å². The molecule has 0 saturated carbocycles. The third-order valence-electron chi connectivity index (χ3n) is 4.40. The third-order valence-corrected chi connectivity index (χ3v) is 4.40. The fraction of sp³-hybridized carbons (Fsp3) is 0.286. The van der Waals surface area contributed by atoms with Crippen molar-refractivity contribution in [2.45, 2.75) is 19.3 Å². The average molecular weight is 383 g/mol. The Kier molecular flexibility index (Phi) is 6.26. The van der Waals surface area contributed by atoms with Gasteiger partial charge in [0.1, 0.15) is 11.5 Å². The Morgan fingerprint density at radius 1 is 1.00 bits per heavy atom. The van der Waals surface area contributed by atoms with Gasteiger partial charge >= 0.3 is 5.97 Å². The molecule has 146 valence electrons. The minimum atomic E-state index is -0.734. The number of hydrogen-bond acceptors (Lipinski definition) is 6. The number of para-hydroxylation sites is 1. The molecular formula is C21H21NO6. The summed E-state index contributed by atoms with van der Waals surface area (Å²) in [4.78, 5) is 35.7. The summed E-state index contributed by atoms with van der Waals surface area (Å²) in [5.41, 5.74) is 2.76. The number of methoxy groups -OCH3 is 1. The number of nitrogens with one attached hydrogen (secondary N) is 1. The molecule has 3 rings (SSSR count). The number of ether oxygens (including phenoxy) is 3. The van der Waals surface area contributed by atoms with E-state index in [1.807, 2.05) is 18.2 Å². The van der Waals surface area contributed by atoms with E-state index in [9.17, 15) is 14.4 Å². The number of imide groups is 1. The first-order chi connectivity index (χ1) is 13.6. The van der Waals surface area contributed by atoms with Gasteiger partial charge in [-0.2, -0.15) is 0 Å². The van der Waals surface area contributed by atoms with Crippen LogP contribution in [0.15, 0.2) is 42.5 Å². The van der Waals surface area contributed by atoms with Crippen molar-refractivity contribution in [3.63, 3.8) is 0 Å². The summed E-state index contributed by atoms with van der Waals surface area (Å²) >= 11 is 0. The van der Waals surface area contributed by atoms with Crippen molar-refractivity contribution in [3.8, 4) is 11.5 Å². The Balaban J connectivity index is 1.42. The number of hydrogen-bond donors (Lipinski definition) is 1. The number of carbonyl (C=O) groups is 3. The first-order valence-corrected chi connectivity index (χ1v) is 8.94. The highest BCUT2D eigenvalue weighted by molar-refractivity contribution is 6.06. The summed E-state index contributed by atoms with van der Waals surface area (Å²) in [6.45, 7) is -0.889. The quantitative estimate of drug-likeness (QED) is 0.736. The van der Waals surface area contributed by atoms with Crippen molar-refractivity contribution in [1.82, 2.24) is 5.32 Å². The number of amides is 2. The van der Waals surface area contributed by atoms with Crippen LogP contribution in [-0.2, 0) is 27.2 Å². The van der Waals surface area contributed by atoms with Crippen molar-refractivity contribution in [1.29, 1.82) is 0 Å². The molecule has 28 heavy (non-hydrogen) atoms. The van der Waals surface area contributed by atoms with Gasteiger partial charge in [0.05, 0.1) is 12.7 Å². The second-order valence-electron chi connectivity index (χ2n) is 6.31. The molecule has 0 fully saturated rings. The molecule has 1 aliphatic carbocycles. The van der Waals surface area contributed by atoms with Gasteiger partial charge in [-0.15, -0.1) is 0 Å². The standard InChI is InChI=1S/C21H21NO6/c1-26-18-8-3-2-7-17(18)21(25)22-19(23)12-28-20(24)13-27-16-10-9-14-5-4-6-15(14)11-16/h2-3,7-11H,4-6,12-13H2,1H3,(H,22,23,25). The zero-order chi connectivity index (χ0) is 19.9. The number of benzene rings is 2. The van der Waals surface area contributed by atoms with E-state index in [0.29, 0.717) is 11.5 Å². The highest BCUT2D eigenvalue weighted by Crippen LogP contribution is 2.26. The van der Waals surface area contributed by atoms with E-state index in [0.717, 1.165) is 19.3 Å². The van der Waals surface area contributed by atoms with E-state index in [1.54, 1.807) is 18.2 Å². The number of aryl methyl sites for hydroxylation is 2. The van der Waals surface area contributed by atoms with Crippen LogP contribution >= 0.6 is 0 Å². The molecule has 1 N–H and O–H groups in total. The van der Waals surface area contributed by atoms with Gasteiger partial charge in [0.25, 0.3) is 11.8 Å². The van der Waals surface area contributed by atoms with E-state index in [-0.39, 0.29) is 12.2 Å². The van der Waals surface area contributed by atoms with E-state index in [4.69, 9.17) is 14.2 Å². The number of carbonyl (C=O) groups excluding carboxylic acids is 3. The molecule has 0 heterocycles. The smallest absolute Gasteiger partial charge is 0.344 e. The van der Waals surface area contributed by atoms with E-state index < -0.39 is 24.4 Å². The zero-order valence-electron chi connectivity index (χ0n) is 15.5. The van der Waals surface area contributed by atoms with Gasteiger partial charge in [-0.05, 0) is 54.7 Å². The maximum atomic E-state index is 12.1. The molecule has 7 heteroatoms. The van der Waals surface area contributed by atoms with Crippen LogP contribution in [0.25, 0.3) is 0 Å². The van der Waals surface area contributed by atoms with Crippen LogP contribution in [0.3, 0.4) is 0 Å². The molecular weight excluding hydrogens is 362 g/mol. The van der Waals surface area contributed by atoms with Gasteiger partial charge in [0, 0.05) is 0 Å². The molecule has 2 aromatic carbocycles. The topological polar surface area (TPSA) is 90.9 Å². The zero-order valence-corrected chi connectivity index (χ0v) is 15.5. The molecule has 0 saturated heterocycles. The maximum absolute atomic E-state index is 12.1. The second kappa shape index (κ2) is 9.03. The molecule has 1 aliphatic rings. The Morgan fingerprint density at radius 2 is 1.79 bits per heavy atom. The van der Waals surface area contributed by atoms with Crippen LogP contribution < -0.4 is 14.8 Å². The van der Waals surface area contributed by atoms with Crippen molar-refractivity contribution in [2.24, 2.45) is 0 Å². The van der Waals surface area contributed by atoms with Gasteiger partial charge in [0.15, 0.2) is 13.2 Å². The van der Waals surface area contributed by atoms with Gasteiger partial charge < -0.3 is 14.2 Å². The first-order valence-electron chi connectivity index (χ1n) is 8.94. The predicted molar refractivity (Wildman–Crippen MR) is 100 cm³/mol. The molecule has 0 aliphatic heterocycles. The number of rotatable bonds is 7. The summed E-state index contributed by atoms with van der Waals surface area (Å²) in [6, 6.07) is 12.2. The van der Waals surface area contributed by atoms with Gasteiger partial charge in [-0.3, -0.25) is 14.9 Å². The van der Waals surface area contributed by atoms with Gasteiger partial charge in [0.2, 0.25) is 0 Å². The van der Waals surface area contributed by atoms with Crippen LogP contribution in [-0.4, -0.2) is 38.1 Å². The number of esters is 1. The monoisotopic (exact) mass is 383 g/mol. The Morgan fingerprint density at radius 3 is 2.61 bits per heavy atom. The SMILES string of the molecule is COc1ccccc1C(=O)NC(=O)COC(=O)COc1ccc2c(c1)CCC2. The molecule has 0 unspecified atom stereocenters. The molecule has 0 radical (unpaired) electrons. The summed E-state index contributed by atoms with van der Waals surface area (Å²) in [5, 5.41) is 2.15. The maximum Gasteiger partial charge on any atom is 0.344 e. The van der Waals surface area contributed by atoms with Crippen molar-refractivity contribution < 1.29 is 28.6 Å². The summed E-state index contributed by atoms with van der Waals surface area (Å²) in [6.07, 6.45) is 3.21. The summed E-state index contributed by atoms with van der Waals surface area (Å²) < 4.78 is 15.3. The van der Waals surface area contributed by atoms with E-state index in [1.165, 1.54) is 24.3 Å². The molecule has 0 atom stereocenters. The third kappa shape index (κ3) is 4.88. The van der Waals surface area contributed by atoms with Crippen molar-refractivity contribution in [2.75, 3.05) is 20.3 Å². The molecule has 7 nitrogen and oxygen atoms in total. The fourth-order valence-corrected chi connectivity index (χ4v) is 3.03. The lowest BCUT2D eigenvalue weighted by Gasteiger charge is -2.10. The average Bonchev–Trinajstić information content (AvgIpc) is 3.18. The molecule has 0 aromatic heterocycles. The predicted octanol–water partition coefficient (Wildman–Crippen LogP) is 2.06. The van der Waals surface area contributed by atoms with Crippen LogP contribution in [0.1, 0.15) is 27.9 Å². The lowest BCUT2D eigenvalue weighted by molar-refractivity contribution is -0.150. The molecule has 0 bridgehead atoms. The Bertz CT molecular complexity index is 892. The lowest BCUT2D eigenvalue weighted by Crippen LogP contribution is -2.34. The largest absolute Gasteiger partial charge is 0.496 e. The molecule has 2 aromatic rings. The molecule has 0 spiro atoms. The van der Waals surface area contributed by atoms with Crippen LogP contribution in [0, 0.1) is 0 Å². The van der Waals surface area contributed by atoms with Crippen molar-refractivity contribution in [3.05, 3.63) is 59.2 Å². The Labute approximate surface area is 162 Å². The van der Waals surface area contributed by atoms with Gasteiger partial charge in [-0.1, -0.05) is 18.2 Å². The highest BCUT2D eigenvalue weighted by Gasteiger charge is 2.16. The normalized spacial score (nSPS) is 12.0.